The van der Waals surface area contributed by atoms with Crippen LogP contribution in [-0.4, -0.2) is 34.2 Å². The molecule has 20 heavy (non-hydrogen) atoms. The summed E-state index contributed by atoms with van der Waals surface area (Å²) in [7, 11) is 1.82. The Hall–Kier alpha value is -1.85. The fourth-order valence-corrected chi connectivity index (χ4v) is 2.93. The number of nitrogens with one attached hydrogen (secondary N) is 1. The van der Waals surface area contributed by atoms with Gasteiger partial charge in [-0.05, 0) is 12.3 Å². The summed E-state index contributed by atoms with van der Waals surface area (Å²) in [5.41, 5.74) is 0.798. The van der Waals surface area contributed by atoms with E-state index in [9.17, 15) is 9.59 Å². The molecule has 1 aromatic rings. The van der Waals surface area contributed by atoms with Gasteiger partial charge in [-0.1, -0.05) is 13.3 Å². The molecule has 1 aliphatic carbocycles. The molecule has 0 aromatic carbocycles. The quantitative estimate of drug-likeness (QED) is 0.879. The number of carbonyl (C=O) groups is 2. The molecule has 3 atom stereocenters. The number of amides is 2. The zero-order chi connectivity index (χ0) is 14.3. The van der Waals surface area contributed by atoms with E-state index in [1.165, 1.54) is 0 Å². The Bertz CT molecular complexity index is 539. The van der Waals surface area contributed by atoms with E-state index in [0.29, 0.717) is 18.9 Å². The average Bonchev–Trinajstić information content (AvgIpc) is 2.96. The molecule has 1 aromatic heterocycles. The van der Waals surface area contributed by atoms with Crippen LogP contribution in [0.25, 0.3) is 0 Å². The van der Waals surface area contributed by atoms with Gasteiger partial charge in [-0.3, -0.25) is 14.3 Å². The summed E-state index contributed by atoms with van der Waals surface area (Å²) in [5, 5.41) is 7.09. The first-order valence-corrected chi connectivity index (χ1v) is 7.18. The highest BCUT2D eigenvalue weighted by Crippen LogP contribution is 2.41. The maximum atomic E-state index is 12.0. The molecule has 1 aliphatic heterocycles. The Kier molecular flexibility index (Phi) is 3.23. The summed E-state index contributed by atoms with van der Waals surface area (Å²) in [6.07, 6.45) is 5.93. The minimum absolute atomic E-state index is 0.0474. The topological polar surface area (TPSA) is 67.2 Å². The van der Waals surface area contributed by atoms with Gasteiger partial charge in [0, 0.05) is 32.1 Å². The molecule has 2 aliphatic rings. The largest absolute Gasteiger partial charge is 0.351 e. The summed E-state index contributed by atoms with van der Waals surface area (Å²) in [5.74, 6) is 0.873. The second-order valence-electron chi connectivity index (χ2n) is 5.80. The number of hydrogen-bond donors (Lipinski definition) is 1. The fraction of sp³-hybridized carbons (Fsp3) is 0.643. The third-order valence-electron chi connectivity index (χ3n) is 4.26. The zero-order valence-corrected chi connectivity index (χ0v) is 11.9. The molecule has 6 heteroatoms. The van der Waals surface area contributed by atoms with E-state index in [4.69, 9.17) is 0 Å². The van der Waals surface area contributed by atoms with Crippen LogP contribution in [0, 0.1) is 11.8 Å². The van der Waals surface area contributed by atoms with E-state index in [-0.39, 0.29) is 23.8 Å². The zero-order valence-electron chi connectivity index (χ0n) is 11.9. The molecular weight excluding hydrogens is 256 g/mol. The molecule has 2 heterocycles. The lowest BCUT2D eigenvalue weighted by Gasteiger charge is -2.15. The van der Waals surface area contributed by atoms with Crippen LogP contribution in [0.2, 0.25) is 0 Å². The molecule has 1 unspecified atom stereocenters. The predicted molar refractivity (Wildman–Crippen MR) is 74.0 cm³/mol. The maximum absolute atomic E-state index is 12.0. The lowest BCUT2D eigenvalue weighted by atomic mass is 10.2. The first kappa shape index (κ1) is 13.1. The van der Waals surface area contributed by atoms with Crippen LogP contribution in [-0.2, 0) is 16.6 Å². The lowest BCUT2D eigenvalue weighted by molar-refractivity contribution is -0.123. The van der Waals surface area contributed by atoms with Gasteiger partial charge >= 0.3 is 0 Å². The Morgan fingerprint density at radius 2 is 2.35 bits per heavy atom. The van der Waals surface area contributed by atoms with E-state index < -0.39 is 0 Å². The van der Waals surface area contributed by atoms with Gasteiger partial charge in [0.2, 0.25) is 11.8 Å². The first-order valence-electron chi connectivity index (χ1n) is 7.18. The van der Waals surface area contributed by atoms with Gasteiger partial charge in [-0.2, -0.15) is 5.10 Å². The Balaban J connectivity index is 1.58. The second-order valence-corrected chi connectivity index (χ2v) is 5.80. The van der Waals surface area contributed by atoms with Crippen molar-refractivity contribution in [1.82, 2.24) is 15.1 Å². The van der Waals surface area contributed by atoms with Gasteiger partial charge in [0.25, 0.3) is 0 Å². The smallest absolute Gasteiger partial charge is 0.229 e. The highest BCUT2D eigenvalue weighted by molar-refractivity contribution is 5.96. The summed E-state index contributed by atoms with van der Waals surface area (Å²) in [6, 6.07) is -0.0756. The standard InChI is InChI=1S/C14H20N4O2/c1-3-9-4-12(9)14(20)16-10-5-13(19)18(7-10)11-6-15-17(2)8-11/h6,8-10,12H,3-5,7H2,1-2H3,(H,16,20)/t9-,10?,12-/m1/s1. The van der Waals surface area contributed by atoms with Gasteiger partial charge in [0.1, 0.15) is 0 Å². The van der Waals surface area contributed by atoms with Gasteiger partial charge in [0.15, 0.2) is 0 Å². The van der Waals surface area contributed by atoms with Gasteiger partial charge in [0.05, 0.1) is 17.9 Å². The number of aryl methyl sites for hydroxylation is 1. The van der Waals surface area contributed by atoms with Crippen molar-refractivity contribution in [2.75, 3.05) is 11.4 Å². The van der Waals surface area contributed by atoms with Crippen molar-refractivity contribution in [3.63, 3.8) is 0 Å². The average molecular weight is 276 g/mol. The van der Waals surface area contributed by atoms with E-state index in [1.807, 2.05) is 13.2 Å². The van der Waals surface area contributed by atoms with Crippen molar-refractivity contribution in [2.24, 2.45) is 18.9 Å². The highest BCUT2D eigenvalue weighted by atomic mass is 16.2. The Morgan fingerprint density at radius 3 is 2.95 bits per heavy atom. The van der Waals surface area contributed by atoms with Crippen LogP contribution in [0.4, 0.5) is 5.69 Å². The van der Waals surface area contributed by atoms with Crippen molar-refractivity contribution >= 4 is 17.5 Å². The van der Waals surface area contributed by atoms with Crippen LogP contribution in [0.3, 0.4) is 0 Å². The van der Waals surface area contributed by atoms with Crippen molar-refractivity contribution in [3.8, 4) is 0 Å². The summed E-state index contributed by atoms with van der Waals surface area (Å²) < 4.78 is 1.67. The molecule has 0 spiro atoms. The van der Waals surface area contributed by atoms with Crippen molar-refractivity contribution in [2.45, 2.75) is 32.2 Å². The first-order chi connectivity index (χ1) is 9.58. The molecule has 1 N–H and O–H groups in total. The molecule has 3 rings (SSSR count). The fourth-order valence-electron chi connectivity index (χ4n) is 2.93. The molecular formula is C14H20N4O2. The van der Waals surface area contributed by atoms with Gasteiger partial charge in [-0.25, -0.2) is 0 Å². The Labute approximate surface area is 118 Å². The molecule has 108 valence electrons. The normalized spacial score (nSPS) is 28.8. The van der Waals surface area contributed by atoms with E-state index in [2.05, 4.69) is 17.3 Å². The SMILES string of the molecule is CC[C@@H]1C[C@H]1C(=O)NC1CC(=O)N(c2cnn(C)c2)C1. The summed E-state index contributed by atoms with van der Waals surface area (Å²) in [4.78, 5) is 25.7. The molecule has 0 bridgehead atoms. The number of anilines is 1. The van der Waals surface area contributed by atoms with Crippen LogP contribution in [0.5, 0.6) is 0 Å². The van der Waals surface area contributed by atoms with Crippen LogP contribution >= 0.6 is 0 Å². The summed E-state index contributed by atoms with van der Waals surface area (Å²) >= 11 is 0. The van der Waals surface area contributed by atoms with Crippen LogP contribution in [0.1, 0.15) is 26.2 Å². The number of nitrogens with zero attached hydrogens (tertiary/aromatic N) is 3. The van der Waals surface area contributed by atoms with E-state index >= 15 is 0 Å². The minimum Gasteiger partial charge on any atom is -0.351 e. The second kappa shape index (κ2) is 4.92. The minimum atomic E-state index is -0.0756. The molecule has 1 saturated heterocycles. The molecule has 2 fully saturated rings. The molecule has 2 amide bonds. The molecule has 0 radical (unpaired) electrons. The van der Waals surface area contributed by atoms with E-state index in [0.717, 1.165) is 18.5 Å². The number of rotatable bonds is 4. The third-order valence-corrected chi connectivity index (χ3v) is 4.26. The van der Waals surface area contributed by atoms with Crippen molar-refractivity contribution < 1.29 is 9.59 Å². The van der Waals surface area contributed by atoms with Crippen molar-refractivity contribution in [1.29, 1.82) is 0 Å². The summed E-state index contributed by atoms with van der Waals surface area (Å²) in [6.45, 7) is 2.65. The van der Waals surface area contributed by atoms with Gasteiger partial charge < -0.3 is 10.2 Å². The molecule has 1 saturated carbocycles. The number of carbonyl (C=O) groups excluding carboxylic acids is 2. The Morgan fingerprint density at radius 1 is 1.55 bits per heavy atom. The third kappa shape index (κ3) is 2.42. The predicted octanol–water partition coefficient (Wildman–Crippen LogP) is 0.688. The van der Waals surface area contributed by atoms with E-state index in [1.54, 1.807) is 15.8 Å². The number of aromatic nitrogens is 2. The highest BCUT2D eigenvalue weighted by Gasteiger charge is 2.43. The van der Waals surface area contributed by atoms with Gasteiger partial charge in [-0.15, -0.1) is 0 Å². The maximum Gasteiger partial charge on any atom is 0.229 e. The molecule has 6 nitrogen and oxygen atoms in total. The number of hydrogen-bond acceptors (Lipinski definition) is 3. The van der Waals surface area contributed by atoms with Crippen LogP contribution < -0.4 is 10.2 Å². The van der Waals surface area contributed by atoms with Crippen molar-refractivity contribution in [3.05, 3.63) is 12.4 Å². The monoisotopic (exact) mass is 276 g/mol. The van der Waals surface area contributed by atoms with Crippen LogP contribution in [0.15, 0.2) is 12.4 Å². The lowest BCUT2D eigenvalue weighted by Crippen LogP contribution is -2.38.